The fourth-order valence-electron chi connectivity index (χ4n) is 3.47. The van der Waals surface area contributed by atoms with E-state index in [4.69, 9.17) is 16.3 Å². The number of carbonyl (C=O) groups is 2. The van der Waals surface area contributed by atoms with Crippen molar-refractivity contribution < 1.29 is 18.7 Å². The first-order valence-corrected chi connectivity index (χ1v) is 9.83. The molecule has 0 spiro atoms. The fourth-order valence-corrected chi connectivity index (χ4v) is 3.65. The summed E-state index contributed by atoms with van der Waals surface area (Å²) in [5.74, 6) is -1.33. The number of aryl methyl sites for hydroxylation is 1. The van der Waals surface area contributed by atoms with Gasteiger partial charge in [-0.05, 0) is 48.9 Å². The van der Waals surface area contributed by atoms with Gasteiger partial charge in [-0.1, -0.05) is 41.9 Å². The number of hydrogen-bond acceptors (Lipinski definition) is 4. The van der Waals surface area contributed by atoms with Crippen LogP contribution in [0.4, 0.5) is 15.8 Å². The molecule has 1 heterocycles. The summed E-state index contributed by atoms with van der Waals surface area (Å²) in [6, 6.07) is 18.1. The van der Waals surface area contributed by atoms with E-state index in [0.717, 1.165) is 16.5 Å². The minimum Gasteiger partial charge on any atom is -0.496 e. The maximum absolute atomic E-state index is 13.7. The van der Waals surface area contributed by atoms with Crippen LogP contribution in [0.3, 0.4) is 0 Å². The Bertz CT molecular complexity index is 1240. The summed E-state index contributed by atoms with van der Waals surface area (Å²) in [4.78, 5) is 27.8. The number of nitrogens with zero attached hydrogens (tertiary/aromatic N) is 1. The van der Waals surface area contributed by atoms with E-state index in [2.05, 4.69) is 5.32 Å². The Morgan fingerprint density at radius 2 is 1.74 bits per heavy atom. The Balaban J connectivity index is 1.87. The summed E-state index contributed by atoms with van der Waals surface area (Å²) < 4.78 is 19.1. The third-order valence-corrected chi connectivity index (χ3v) is 5.20. The molecule has 3 aromatic rings. The summed E-state index contributed by atoms with van der Waals surface area (Å²) >= 11 is 5.90. The highest BCUT2D eigenvalue weighted by Gasteiger charge is 2.41. The molecule has 0 saturated carbocycles. The van der Waals surface area contributed by atoms with E-state index in [1.54, 1.807) is 30.3 Å². The highest BCUT2D eigenvalue weighted by Crippen LogP contribution is 2.38. The third kappa shape index (κ3) is 3.78. The zero-order chi connectivity index (χ0) is 22.1. The lowest BCUT2D eigenvalue weighted by molar-refractivity contribution is -0.120. The SMILES string of the molecule is COc1ccccc1C1=C(Nc2cccc(C)c2)C(=O)N(c2ccc(F)c(Cl)c2)C1=O. The normalized spacial score (nSPS) is 13.7. The molecule has 0 saturated heterocycles. The summed E-state index contributed by atoms with van der Waals surface area (Å²) in [5.41, 5.74) is 2.54. The van der Waals surface area contributed by atoms with Gasteiger partial charge >= 0.3 is 0 Å². The van der Waals surface area contributed by atoms with Crippen molar-refractivity contribution in [2.45, 2.75) is 6.92 Å². The van der Waals surface area contributed by atoms with E-state index in [0.29, 0.717) is 17.0 Å². The van der Waals surface area contributed by atoms with Crippen LogP contribution in [0.15, 0.2) is 72.4 Å². The molecule has 156 valence electrons. The lowest BCUT2D eigenvalue weighted by atomic mass is 10.0. The number of halogens is 2. The van der Waals surface area contributed by atoms with Crippen molar-refractivity contribution in [3.63, 3.8) is 0 Å². The summed E-state index contributed by atoms with van der Waals surface area (Å²) in [6.07, 6.45) is 0. The standard InChI is InChI=1S/C24H18ClFN2O3/c1-14-6-5-7-15(12-14)27-22-21(17-8-3-4-9-20(17)31-2)23(29)28(24(22)30)16-10-11-19(26)18(25)13-16/h3-13,27H,1-2H3. The molecule has 2 amide bonds. The molecule has 0 atom stereocenters. The molecule has 7 heteroatoms. The second-order valence-corrected chi connectivity index (χ2v) is 7.40. The number of rotatable bonds is 5. The first kappa shape index (κ1) is 20.6. The number of amides is 2. The van der Waals surface area contributed by atoms with Crippen molar-refractivity contribution in [3.8, 4) is 5.75 Å². The van der Waals surface area contributed by atoms with Gasteiger partial charge in [0.25, 0.3) is 11.8 Å². The molecule has 3 aromatic carbocycles. The van der Waals surface area contributed by atoms with Gasteiger partial charge in [-0.3, -0.25) is 9.59 Å². The van der Waals surface area contributed by atoms with E-state index in [-0.39, 0.29) is 22.0 Å². The number of anilines is 2. The van der Waals surface area contributed by atoms with Gasteiger partial charge in [-0.15, -0.1) is 0 Å². The third-order valence-electron chi connectivity index (χ3n) is 4.91. The van der Waals surface area contributed by atoms with Crippen molar-refractivity contribution >= 4 is 40.4 Å². The van der Waals surface area contributed by atoms with E-state index >= 15 is 0 Å². The van der Waals surface area contributed by atoms with Crippen molar-refractivity contribution in [2.75, 3.05) is 17.3 Å². The van der Waals surface area contributed by atoms with Gasteiger partial charge in [0.15, 0.2) is 0 Å². The summed E-state index contributed by atoms with van der Waals surface area (Å²) in [5, 5.41) is 2.91. The largest absolute Gasteiger partial charge is 0.496 e. The van der Waals surface area contributed by atoms with E-state index < -0.39 is 17.6 Å². The van der Waals surface area contributed by atoms with Gasteiger partial charge in [0.1, 0.15) is 17.3 Å². The number of benzene rings is 3. The van der Waals surface area contributed by atoms with Gasteiger partial charge in [-0.25, -0.2) is 9.29 Å². The van der Waals surface area contributed by atoms with Crippen LogP contribution in [-0.2, 0) is 9.59 Å². The van der Waals surface area contributed by atoms with E-state index in [1.807, 2.05) is 25.1 Å². The number of nitrogens with one attached hydrogen (secondary N) is 1. The Kier molecular flexibility index (Phi) is 5.48. The first-order chi connectivity index (χ1) is 14.9. The Hall–Kier alpha value is -3.64. The minimum atomic E-state index is -0.638. The zero-order valence-electron chi connectivity index (χ0n) is 16.8. The Morgan fingerprint density at radius 1 is 0.968 bits per heavy atom. The van der Waals surface area contributed by atoms with Crippen LogP contribution in [0.5, 0.6) is 5.75 Å². The number of imide groups is 1. The number of ether oxygens (including phenoxy) is 1. The topological polar surface area (TPSA) is 58.6 Å². The summed E-state index contributed by atoms with van der Waals surface area (Å²) in [6.45, 7) is 1.93. The second-order valence-electron chi connectivity index (χ2n) is 6.99. The smallest absolute Gasteiger partial charge is 0.282 e. The average Bonchev–Trinajstić information content (AvgIpc) is 2.99. The van der Waals surface area contributed by atoms with Gasteiger partial charge in [0.2, 0.25) is 0 Å². The average molecular weight is 437 g/mol. The van der Waals surface area contributed by atoms with Crippen LogP contribution in [0.2, 0.25) is 5.02 Å². The lowest BCUT2D eigenvalue weighted by Gasteiger charge is -2.16. The highest BCUT2D eigenvalue weighted by atomic mass is 35.5. The van der Waals surface area contributed by atoms with Crippen molar-refractivity contribution in [1.29, 1.82) is 0 Å². The van der Waals surface area contributed by atoms with Crippen molar-refractivity contribution in [1.82, 2.24) is 0 Å². The molecule has 31 heavy (non-hydrogen) atoms. The molecule has 1 aliphatic rings. The monoisotopic (exact) mass is 436 g/mol. The quantitative estimate of drug-likeness (QED) is 0.559. The number of methoxy groups -OCH3 is 1. The predicted molar refractivity (Wildman–Crippen MR) is 119 cm³/mol. The Morgan fingerprint density at radius 3 is 2.45 bits per heavy atom. The number of para-hydroxylation sites is 1. The maximum Gasteiger partial charge on any atom is 0.282 e. The van der Waals surface area contributed by atoms with Crippen LogP contribution in [0.1, 0.15) is 11.1 Å². The van der Waals surface area contributed by atoms with Crippen LogP contribution < -0.4 is 15.0 Å². The van der Waals surface area contributed by atoms with Crippen molar-refractivity contribution in [3.05, 3.63) is 94.4 Å². The van der Waals surface area contributed by atoms with E-state index in [1.165, 1.54) is 19.2 Å². The predicted octanol–water partition coefficient (Wildman–Crippen LogP) is 5.19. The van der Waals surface area contributed by atoms with Gasteiger partial charge in [0, 0.05) is 11.3 Å². The van der Waals surface area contributed by atoms with Gasteiger partial charge in [-0.2, -0.15) is 0 Å². The van der Waals surface area contributed by atoms with Crippen LogP contribution in [0, 0.1) is 12.7 Å². The van der Waals surface area contributed by atoms with Crippen LogP contribution in [0.25, 0.3) is 5.57 Å². The molecule has 0 bridgehead atoms. The van der Waals surface area contributed by atoms with Gasteiger partial charge in [0.05, 0.1) is 23.4 Å². The zero-order valence-corrected chi connectivity index (χ0v) is 17.5. The van der Waals surface area contributed by atoms with Crippen LogP contribution in [-0.4, -0.2) is 18.9 Å². The summed E-state index contributed by atoms with van der Waals surface area (Å²) in [7, 11) is 1.49. The molecule has 1 aliphatic heterocycles. The molecular weight excluding hydrogens is 419 g/mol. The molecule has 0 radical (unpaired) electrons. The van der Waals surface area contributed by atoms with E-state index in [9.17, 15) is 14.0 Å². The lowest BCUT2D eigenvalue weighted by Crippen LogP contribution is -2.32. The molecule has 1 N–H and O–H groups in total. The molecule has 0 aliphatic carbocycles. The molecule has 5 nitrogen and oxygen atoms in total. The Labute approximate surface area is 183 Å². The van der Waals surface area contributed by atoms with Crippen molar-refractivity contribution in [2.24, 2.45) is 0 Å². The number of hydrogen-bond donors (Lipinski definition) is 1. The maximum atomic E-state index is 13.7. The van der Waals surface area contributed by atoms with Crippen LogP contribution >= 0.6 is 11.6 Å². The molecule has 0 unspecified atom stereocenters. The minimum absolute atomic E-state index is 0.0977. The fraction of sp³-hybridized carbons (Fsp3) is 0.0833. The molecule has 4 rings (SSSR count). The molecule has 0 aromatic heterocycles. The first-order valence-electron chi connectivity index (χ1n) is 9.46. The number of carbonyl (C=O) groups excluding carboxylic acids is 2. The van der Waals surface area contributed by atoms with Gasteiger partial charge < -0.3 is 10.1 Å². The molecular formula is C24H18ClFN2O3. The second kappa shape index (κ2) is 8.24. The molecule has 0 fully saturated rings. The highest BCUT2D eigenvalue weighted by molar-refractivity contribution is 6.46.